The molecule has 1 heterocycles. The molecular formula is C14H5F5N2O3. The van der Waals surface area contributed by atoms with E-state index < -0.39 is 52.8 Å². The number of hydrogen-bond donors (Lipinski definition) is 0. The third kappa shape index (κ3) is 3.10. The summed E-state index contributed by atoms with van der Waals surface area (Å²) in [5.74, 6) is -12.1. The molecule has 0 unspecified atom stereocenters. The average molecular weight is 344 g/mol. The van der Waals surface area contributed by atoms with E-state index in [1.807, 2.05) is 0 Å². The van der Waals surface area contributed by atoms with Gasteiger partial charge in [-0.3, -0.25) is 4.79 Å². The Morgan fingerprint density at radius 2 is 1.71 bits per heavy atom. The van der Waals surface area contributed by atoms with Gasteiger partial charge in [0.1, 0.15) is 12.7 Å². The first-order chi connectivity index (χ1) is 11.4. The van der Waals surface area contributed by atoms with Crippen molar-refractivity contribution in [1.29, 1.82) is 5.26 Å². The third-order valence-electron chi connectivity index (χ3n) is 2.73. The summed E-state index contributed by atoms with van der Waals surface area (Å²) < 4.78 is 70.4. The lowest BCUT2D eigenvalue weighted by atomic mass is 10.2. The van der Waals surface area contributed by atoms with Crippen molar-refractivity contribution in [2.45, 2.75) is 6.61 Å². The fraction of sp³-hybridized carbons (Fsp3) is 0.0714. The van der Waals surface area contributed by atoms with Crippen LogP contribution < -0.4 is 0 Å². The first-order valence-corrected chi connectivity index (χ1v) is 6.07. The zero-order valence-corrected chi connectivity index (χ0v) is 11.4. The zero-order valence-electron chi connectivity index (χ0n) is 11.4. The number of ketones is 1. The molecule has 0 saturated carbocycles. The second-order valence-electron chi connectivity index (χ2n) is 4.18. The normalized spacial score (nSPS) is 11.2. The Bertz CT molecular complexity index is 827. The lowest BCUT2D eigenvalue weighted by Gasteiger charge is -2.07. The summed E-state index contributed by atoms with van der Waals surface area (Å²) in [7, 11) is 0. The van der Waals surface area contributed by atoms with Gasteiger partial charge in [0, 0.05) is 0 Å². The number of oxime groups is 1. The van der Waals surface area contributed by atoms with Crippen molar-refractivity contribution in [2.24, 2.45) is 5.16 Å². The summed E-state index contributed by atoms with van der Waals surface area (Å²) in [6.07, 6.45) is 1.15. The molecule has 0 aliphatic carbocycles. The Kier molecular flexibility index (Phi) is 4.93. The molecule has 124 valence electrons. The summed E-state index contributed by atoms with van der Waals surface area (Å²) >= 11 is 0. The molecule has 1 aromatic carbocycles. The predicted octanol–water partition coefficient (Wildman–Crippen LogP) is 3.25. The Labute approximate surface area is 130 Å². The van der Waals surface area contributed by atoms with Gasteiger partial charge in [-0.25, -0.2) is 22.0 Å². The fourth-order valence-electron chi connectivity index (χ4n) is 1.58. The third-order valence-corrected chi connectivity index (χ3v) is 2.73. The van der Waals surface area contributed by atoms with Crippen molar-refractivity contribution in [3.05, 3.63) is 58.8 Å². The maximum absolute atomic E-state index is 13.4. The lowest BCUT2D eigenvalue weighted by Crippen LogP contribution is -2.13. The highest BCUT2D eigenvalue weighted by Crippen LogP contribution is 2.23. The van der Waals surface area contributed by atoms with Gasteiger partial charge >= 0.3 is 0 Å². The van der Waals surface area contributed by atoms with Crippen molar-refractivity contribution < 1.29 is 36.0 Å². The molecule has 0 bridgehead atoms. The summed E-state index contributed by atoms with van der Waals surface area (Å²) in [6, 6.07) is 3.94. The van der Waals surface area contributed by atoms with Crippen LogP contribution in [0.15, 0.2) is 28.0 Å². The van der Waals surface area contributed by atoms with Crippen LogP contribution in [0.3, 0.4) is 0 Å². The molecule has 2 rings (SSSR count). The minimum atomic E-state index is -2.32. The molecule has 0 saturated heterocycles. The van der Waals surface area contributed by atoms with Crippen LogP contribution in [0.5, 0.6) is 0 Å². The van der Waals surface area contributed by atoms with E-state index in [0.29, 0.717) is 0 Å². The summed E-state index contributed by atoms with van der Waals surface area (Å²) in [5.41, 5.74) is -2.13. The molecule has 0 aliphatic heterocycles. The molecule has 24 heavy (non-hydrogen) atoms. The predicted molar refractivity (Wildman–Crippen MR) is 67.1 cm³/mol. The Hall–Kier alpha value is -3.22. The molecule has 0 fully saturated rings. The van der Waals surface area contributed by atoms with E-state index in [9.17, 15) is 26.7 Å². The van der Waals surface area contributed by atoms with Crippen LogP contribution in [0.1, 0.15) is 16.1 Å². The monoisotopic (exact) mass is 344 g/mol. The highest BCUT2D eigenvalue weighted by Gasteiger charge is 2.26. The summed E-state index contributed by atoms with van der Waals surface area (Å²) in [4.78, 5) is 16.1. The molecule has 0 radical (unpaired) electrons. The number of Topliss-reactive ketones (excluding diaryl/α,β-unsaturated/α-hetero) is 1. The number of carbonyl (C=O) groups is 1. The van der Waals surface area contributed by atoms with Crippen molar-refractivity contribution in [1.82, 2.24) is 0 Å². The quantitative estimate of drug-likeness (QED) is 0.208. The maximum atomic E-state index is 13.4. The number of rotatable bonds is 5. The van der Waals surface area contributed by atoms with Crippen LogP contribution in [0.2, 0.25) is 0 Å². The van der Waals surface area contributed by atoms with Crippen LogP contribution in [-0.2, 0) is 11.4 Å². The van der Waals surface area contributed by atoms with Gasteiger partial charge in [0.05, 0.1) is 11.8 Å². The molecule has 5 nitrogen and oxygen atoms in total. The number of halogens is 5. The van der Waals surface area contributed by atoms with E-state index in [1.54, 1.807) is 0 Å². The first kappa shape index (κ1) is 17.1. The van der Waals surface area contributed by atoms with E-state index in [2.05, 4.69) is 9.99 Å². The molecule has 0 amide bonds. The van der Waals surface area contributed by atoms with Gasteiger partial charge in [-0.15, -0.1) is 0 Å². The molecule has 0 aliphatic rings. The molecule has 0 spiro atoms. The Morgan fingerprint density at radius 1 is 1.12 bits per heavy atom. The first-order valence-electron chi connectivity index (χ1n) is 6.07. The lowest BCUT2D eigenvalue weighted by molar-refractivity contribution is 0.101. The maximum Gasteiger partial charge on any atom is 0.260 e. The van der Waals surface area contributed by atoms with Gasteiger partial charge in [0.15, 0.2) is 29.0 Å². The number of nitriles is 1. The van der Waals surface area contributed by atoms with Crippen molar-refractivity contribution in [3.63, 3.8) is 0 Å². The topological polar surface area (TPSA) is 75.6 Å². The van der Waals surface area contributed by atoms with Crippen molar-refractivity contribution in [2.75, 3.05) is 0 Å². The van der Waals surface area contributed by atoms with E-state index in [-0.39, 0.29) is 5.76 Å². The van der Waals surface area contributed by atoms with Crippen molar-refractivity contribution >= 4 is 11.5 Å². The molecule has 1 aromatic heterocycles. The summed E-state index contributed by atoms with van der Waals surface area (Å²) in [6.45, 7) is -1.19. The van der Waals surface area contributed by atoms with Crippen molar-refractivity contribution in [3.8, 4) is 6.07 Å². The molecule has 0 N–H and O–H groups in total. The molecule has 2 aromatic rings. The highest BCUT2D eigenvalue weighted by atomic mass is 19.2. The van der Waals surface area contributed by atoms with Gasteiger partial charge < -0.3 is 9.25 Å². The largest absolute Gasteiger partial charge is 0.461 e. The van der Waals surface area contributed by atoms with E-state index in [0.717, 1.165) is 6.26 Å². The smallest absolute Gasteiger partial charge is 0.260 e. The van der Waals surface area contributed by atoms with Crippen LogP contribution in [0.4, 0.5) is 22.0 Å². The second-order valence-corrected chi connectivity index (χ2v) is 4.18. The van der Waals surface area contributed by atoms with Gasteiger partial charge in [-0.05, 0) is 12.1 Å². The number of carbonyl (C=O) groups excluding carboxylic acids is 1. The SMILES string of the molecule is N#C/C(=N\OCc1c(F)c(F)c(F)c(F)c1F)C(=O)c1ccco1. The van der Waals surface area contributed by atoms with Gasteiger partial charge in [0.2, 0.25) is 11.5 Å². The molecule has 10 heteroatoms. The number of benzene rings is 1. The van der Waals surface area contributed by atoms with Gasteiger partial charge in [-0.2, -0.15) is 5.26 Å². The molecule has 0 atom stereocenters. The van der Waals surface area contributed by atoms with E-state index in [4.69, 9.17) is 9.68 Å². The summed E-state index contributed by atoms with van der Waals surface area (Å²) in [5, 5.41) is 11.8. The van der Waals surface area contributed by atoms with Crippen LogP contribution in [0, 0.1) is 40.4 Å². The number of nitrogens with zero attached hydrogens (tertiary/aromatic N) is 2. The minimum Gasteiger partial charge on any atom is -0.461 e. The van der Waals surface area contributed by atoms with Crippen LogP contribution >= 0.6 is 0 Å². The average Bonchev–Trinajstić information content (AvgIpc) is 3.12. The Balaban J connectivity index is 2.22. The second kappa shape index (κ2) is 6.91. The van der Waals surface area contributed by atoms with E-state index in [1.165, 1.54) is 18.2 Å². The fourth-order valence-corrected chi connectivity index (χ4v) is 1.58. The standard InChI is InChI=1S/C14H5F5N2O3/c15-9-6(10(16)12(18)13(19)11(9)17)5-24-21-7(4-20)14(22)8-2-1-3-23-8/h1-3H,5H2/b21-7+. The Morgan fingerprint density at radius 3 is 2.21 bits per heavy atom. The number of furan rings is 1. The van der Waals surface area contributed by atoms with E-state index >= 15 is 0 Å². The van der Waals surface area contributed by atoms with Gasteiger partial charge in [0.25, 0.3) is 5.78 Å². The highest BCUT2D eigenvalue weighted by molar-refractivity contribution is 6.50. The zero-order chi connectivity index (χ0) is 17.9. The van der Waals surface area contributed by atoms with Crippen LogP contribution in [0.25, 0.3) is 0 Å². The molecular weight excluding hydrogens is 339 g/mol. The van der Waals surface area contributed by atoms with Gasteiger partial charge in [-0.1, -0.05) is 5.16 Å². The minimum absolute atomic E-state index is 0.255. The van der Waals surface area contributed by atoms with Crippen LogP contribution in [-0.4, -0.2) is 11.5 Å². The number of hydrogen-bond acceptors (Lipinski definition) is 5.